The first-order valence-corrected chi connectivity index (χ1v) is 9.42. The van der Waals surface area contributed by atoms with Crippen molar-refractivity contribution >= 4 is 46.7 Å². The van der Waals surface area contributed by atoms with Gasteiger partial charge in [0.1, 0.15) is 5.76 Å². The first-order chi connectivity index (χ1) is 11.8. The lowest BCUT2D eigenvalue weighted by Crippen LogP contribution is -2.47. The van der Waals surface area contributed by atoms with Crippen LogP contribution < -0.4 is 21.5 Å². The Labute approximate surface area is 157 Å². The number of carbonyl (C=O) groups is 2. The number of thiocarbonyl (C=S) groups is 1. The van der Waals surface area contributed by atoms with Crippen LogP contribution in [0.4, 0.5) is 5.82 Å². The van der Waals surface area contributed by atoms with E-state index in [1.807, 2.05) is 0 Å². The molecule has 1 atom stereocenters. The van der Waals surface area contributed by atoms with Gasteiger partial charge < -0.3 is 15.2 Å². The van der Waals surface area contributed by atoms with Crippen molar-refractivity contribution in [1.82, 2.24) is 21.3 Å². The molecule has 140 valence electrons. The van der Waals surface area contributed by atoms with Crippen LogP contribution in [0.25, 0.3) is 0 Å². The number of nitrogens with one attached hydrogen (secondary N) is 4. The Hall–Kier alpha value is -1.81. The van der Waals surface area contributed by atoms with Gasteiger partial charge >= 0.3 is 0 Å². The molecular formula is C15H25N5O3S2. The average Bonchev–Trinajstić information content (AvgIpc) is 2.95. The molecule has 0 radical (unpaired) electrons. The SMILES string of the molecule is Cc1cc(NC(=O)[C@H](C)SCC(=O)NNC(=S)NCCC(C)C)no1. The summed E-state index contributed by atoms with van der Waals surface area (Å²) in [6, 6.07) is 1.62. The van der Waals surface area contributed by atoms with Crippen LogP contribution in [0.1, 0.15) is 33.0 Å². The molecule has 1 aromatic heterocycles. The zero-order chi connectivity index (χ0) is 18.8. The summed E-state index contributed by atoms with van der Waals surface area (Å²) in [5.41, 5.74) is 5.13. The number of rotatable bonds is 8. The summed E-state index contributed by atoms with van der Waals surface area (Å²) in [4.78, 5) is 23.8. The van der Waals surface area contributed by atoms with Gasteiger partial charge in [-0.2, -0.15) is 0 Å². The van der Waals surface area contributed by atoms with Gasteiger partial charge in [0.2, 0.25) is 11.8 Å². The minimum atomic E-state index is -0.418. The predicted molar refractivity (Wildman–Crippen MR) is 103 cm³/mol. The van der Waals surface area contributed by atoms with Crippen LogP contribution in [0.2, 0.25) is 0 Å². The summed E-state index contributed by atoms with van der Waals surface area (Å²) in [7, 11) is 0. The topological polar surface area (TPSA) is 108 Å². The third-order valence-electron chi connectivity index (χ3n) is 3.04. The molecule has 1 rings (SSSR count). The largest absolute Gasteiger partial charge is 0.361 e. The van der Waals surface area contributed by atoms with E-state index in [2.05, 4.69) is 40.5 Å². The molecule has 8 nitrogen and oxygen atoms in total. The van der Waals surface area contributed by atoms with Crippen molar-refractivity contribution in [2.24, 2.45) is 5.92 Å². The van der Waals surface area contributed by atoms with Gasteiger partial charge in [-0.3, -0.25) is 20.4 Å². The second kappa shape index (κ2) is 10.9. The van der Waals surface area contributed by atoms with E-state index in [0.717, 1.165) is 13.0 Å². The van der Waals surface area contributed by atoms with Crippen LogP contribution in [0.5, 0.6) is 0 Å². The molecule has 0 saturated heterocycles. The molecule has 25 heavy (non-hydrogen) atoms. The third kappa shape index (κ3) is 9.30. The monoisotopic (exact) mass is 387 g/mol. The molecule has 0 spiro atoms. The number of hydrogen-bond acceptors (Lipinski definition) is 6. The molecule has 2 amide bonds. The molecule has 0 fully saturated rings. The maximum atomic E-state index is 12.0. The molecule has 0 aliphatic heterocycles. The van der Waals surface area contributed by atoms with Crippen molar-refractivity contribution in [3.05, 3.63) is 11.8 Å². The van der Waals surface area contributed by atoms with E-state index < -0.39 is 5.25 Å². The van der Waals surface area contributed by atoms with Crippen LogP contribution in [0.15, 0.2) is 10.6 Å². The first kappa shape index (κ1) is 21.2. The summed E-state index contributed by atoms with van der Waals surface area (Å²) >= 11 is 6.26. The standard InChI is InChI=1S/C15H25N5O3S2/c1-9(2)5-6-16-15(24)19-18-13(21)8-25-11(4)14(22)17-12-7-10(3)23-20-12/h7,9,11H,5-6,8H2,1-4H3,(H,18,21)(H2,16,19,24)(H,17,20,22)/t11-/m0/s1. The Kier molecular flexibility index (Phi) is 9.28. The molecule has 0 aliphatic rings. The van der Waals surface area contributed by atoms with Crippen molar-refractivity contribution in [1.29, 1.82) is 0 Å². The van der Waals surface area contributed by atoms with Gasteiger partial charge in [-0.1, -0.05) is 19.0 Å². The minimum Gasteiger partial charge on any atom is -0.361 e. The Morgan fingerprint density at radius 2 is 2.04 bits per heavy atom. The molecular weight excluding hydrogens is 362 g/mol. The maximum Gasteiger partial charge on any atom is 0.248 e. The molecule has 1 aromatic rings. The number of carbonyl (C=O) groups excluding carboxylic acids is 2. The lowest BCUT2D eigenvalue weighted by atomic mass is 10.1. The number of aryl methyl sites for hydroxylation is 1. The fourth-order valence-electron chi connectivity index (χ4n) is 1.61. The fourth-order valence-corrected chi connectivity index (χ4v) is 2.45. The molecule has 0 aromatic carbocycles. The summed E-state index contributed by atoms with van der Waals surface area (Å²) in [5, 5.41) is 9.27. The number of hydrazine groups is 1. The van der Waals surface area contributed by atoms with Gasteiger partial charge in [-0.05, 0) is 38.4 Å². The highest BCUT2D eigenvalue weighted by molar-refractivity contribution is 8.01. The second-order valence-electron chi connectivity index (χ2n) is 5.88. The highest BCUT2D eigenvalue weighted by Gasteiger charge is 2.16. The van der Waals surface area contributed by atoms with Crippen molar-refractivity contribution in [2.45, 2.75) is 39.4 Å². The maximum absolute atomic E-state index is 12.0. The quantitative estimate of drug-likeness (QED) is 0.393. The predicted octanol–water partition coefficient (Wildman–Crippen LogP) is 1.58. The number of hydrogen-bond donors (Lipinski definition) is 4. The molecule has 0 saturated carbocycles. The highest BCUT2D eigenvalue weighted by atomic mass is 32.2. The Morgan fingerprint density at radius 1 is 1.32 bits per heavy atom. The number of amides is 2. The van der Waals surface area contributed by atoms with E-state index in [-0.39, 0.29) is 17.6 Å². The van der Waals surface area contributed by atoms with E-state index in [1.54, 1.807) is 19.9 Å². The first-order valence-electron chi connectivity index (χ1n) is 7.96. The zero-order valence-electron chi connectivity index (χ0n) is 14.8. The van der Waals surface area contributed by atoms with Crippen LogP contribution in [-0.2, 0) is 9.59 Å². The van der Waals surface area contributed by atoms with Gasteiger partial charge in [0.05, 0.1) is 11.0 Å². The van der Waals surface area contributed by atoms with E-state index in [0.29, 0.717) is 22.6 Å². The van der Waals surface area contributed by atoms with E-state index in [9.17, 15) is 9.59 Å². The number of thioether (sulfide) groups is 1. The van der Waals surface area contributed by atoms with E-state index >= 15 is 0 Å². The summed E-state index contributed by atoms with van der Waals surface area (Å²) < 4.78 is 4.88. The van der Waals surface area contributed by atoms with E-state index in [4.69, 9.17) is 16.7 Å². The summed E-state index contributed by atoms with van der Waals surface area (Å²) in [6.45, 7) is 8.44. The Balaban J connectivity index is 2.19. The van der Waals surface area contributed by atoms with Crippen molar-refractivity contribution in [3.63, 3.8) is 0 Å². The van der Waals surface area contributed by atoms with Gasteiger partial charge in [-0.25, -0.2) is 0 Å². The van der Waals surface area contributed by atoms with Crippen LogP contribution in [-0.4, -0.2) is 39.6 Å². The summed E-state index contributed by atoms with van der Waals surface area (Å²) in [6.07, 6.45) is 0.989. The molecule has 0 bridgehead atoms. The Morgan fingerprint density at radius 3 is 2.64 bits per heavy atom. The van der Waals surface area contributed by atoms with Gasteiger partial charge in [0.25, 0.3) is 0 Å². The number of aromatic nitrogens is 1. The van der Waals surface area contributed by atoms with Crippen molar-refractivity contribution < 1.29 is 14.1 Å². The minimum absolute atomic E-state index is 0.119. The molecule has 4 N–H and O–H groups in total. The molecule has 0 unspecified atom stereocenters. The van der Waals surface area contributed by atoms with Gasteiger partial charge in [0.15, 0.2) is 10.9 Å². The van der Waals surface area contributed by atoms with Crippen molar-refractivity contribution in [3.8, 4) is 0 Å². The summed E-state index contributed by atoms with van der Waals surface area (Å²) in [5.74, 6) is 1.15. The van der Waals surface area contributed by atoms with Crippen LogP contribution in [0.3, 0.4) is 0 Å². The average molecular weight is 388 g/mol. The lowest BCUT2D eigenvalue weighted by molar-refractivity contribution is -0.119. The van der Waals surface area contributed by atoms with Gasteiger partial charge in [0, 0.05) is 12.6 Å². The highest BCUT2D eigenvalue weighted by Crippen LogP contribution is 2.13. The lowest BCUT2D eigenvalue weighted by Gasteiger charge is -2.13. The number of nitrogens with zero attached hydrogens (tertiary/aromatic N) is 1. The molecule has 0 aliphatic carbocycles. The number of anilines is 1. The van der Waals surface area contributed by atoms with E-state index in [1.165, 1.54) is 11.8 Å². The van der Waals surface area contributed by atoms with Crippen molar-refractivity contribution in [2.75, 3.05) is 17.6 Å². The molecule has 10 heteroatoms. The normalized spacial score (nSPS) is 11.7. The zero-order valence-corrected chi connectivity index (χ0v) is 16.5. The smallest absolute Gasteiger partial charge is 0.248 e. The fraction of sp³-hybridized carbons (Fsp3) is 0.600. The third-order valence-corrected chi connectivity index (χ3v) is 4.42. The van der Waals surface area contributed by atoms with Gasteiger partial charge in [-0.15, -0.1) is 11.8 Å². The Bertz CT molecular complexity index is 591. The van der Waals surface area contributed by atoms with Crippen LogP contribution >= 0.6 is 24.0 Å². The second-order valence-corrected chi connectivity index (χ2v) is 7.61. The molecule has 1 heterocycles. The van der Waals surface area contributed by atoms with Crippen LogP contribution in [0, 0.1) is 12.8 Å².